The van der Waals surface area contributed by atoms with E-state index < -0.39 is 10.9 Å². The van der Waals surface area contributed by atoms with Crippen LogP contribution in [0.2, 0.25) is 5.02 Å². The Kier molecular flexibility index (Phi) is 7.78. The number of nitro benzene ring substituents is 1. The van der Waals surface area contributed by atoms with Gasteiger partial charge >= 0.3 is 5.97 Å². The molecule has 0 aliphatic rings. The van der Waals surface area contributed by atoms with E-state index in [0.717, 1.165) is 30.7 Å². The fourth-order valence-electron chi connectivity index (χ4n) is 3.47. The third kappa shape index (κ3) is 5.62. The molecule has 3 aromatic rings. The van der Waals surface area contributed by atoms with Gasteiger partial charge in [0.15, 0.2) is 0 Å². The maximum atomic E-state index is 12.0. The van der Waals surface area contributed by atoms with E-state index in [9.17, 15) is 20.0 Å². The van der Waals surface area contributed by atoms with Gasteiger partial charge in [-0.3, -0.25) is 10.1 Å². The predicted molar refractivity (Wildman–Crippen MR) is 124 cm³/mol. The van der Waals surface area contributed by atoms with Crippen molar-refractivity contribution in [2.75, 3.05) is 0 Å². The first-order valence-corrected chi connectivity index (χ1v) is 10.7. The van der Waals surface area contributed by atoms with Crippen LogP contribution in [0, 0.1) is 10.1 Å². The molecule has 0 radical (unpaired) electrons. The van der Waals surface area contributed by atoms with Gasteiger partial charge in [0.2, 0.25) is 0 Å². The lowest BCUT2D eigenvalue weighted by molar-refractivity contribution is -0.385. The number of para-hydroxylation sites is 1. The molecule has 1 N–H and O–H groups in total. The number of rotatable bonds is 10. The van der Waals surface area contributed by atoms with E-state index in [1.807, 2.05) is 28.8 Å². The number of nitro groups is 1. The third-order valence-corrected chi connectivity index (χ3v) is 5.54. The SMILES string of the molecule is CCCCc1ncc(C=C(Cc2ccccc2[N+](=O)[O-])C(=O)O)n1Cc1ccccc1Cl. The summed E-state index contributed by atoms with van der Waals surface area (Å²) in [6.07, 6.45) is 5.81. The number of aryl methyl sites for hydroxylation is 1. The maximum absolute atomic E-state index is 12.0. The van der Waals surface area contributed by atoms with Gasteiger partial charge in [0.25, 0.3) is 5.69 Å². The number of hydrogen-bond donors (Lipinski definition) is 1. The normalized spacial score (nSPS) is 11.5. The second-order valence-corrected chi connectivity index (χ2v) is 7.82. The smallest absolute Gasteiger partial charge is 0.331 e. The average Bonchev–Trinajstić information content (AvgIpc) is 3.14. The van der Waals surface area contributed by atoms with Gasteiger partial charge in [-0.25, -0.2) is 9.78 Å². The molecular weight excluding hydrogens is 430 g/mol. The van der Waals surface area contributed by atoms with E-state index in [2.05, 4.69) is 11.9 Å². The van der Waals surface area contributed by atoms with Crippen molar-refractivity contribution in [3.63, 3.8) is 0 Å². The Hall–Kier alpha value is -3.45. The summed E-state index contributed by atoms with van der Waals surface area (Å²) in [5.74, 6) is -0.294. The van der Waals surface area contributed by atoms with Crippen LogP contribution in [0.1, 0.15) is 42.4 Å². The molecule has 0 aliphatic carbocycles. The molecule has 32 heavy (non-hydrogen) atoms. The molecule has 1 aromatic heterocycles. The number of carbonyl (C=O) groups is 1. The summed E-state index contributed by atoms with van der Waals surface area (Å²) in [6.45, 7) is 2.54. The van der Waals surface area contributed by atoms with Gasteiger partial charge in [-0.05, 0) is 24.1 Å². The molecule has 8 heteroatoms. The Bertz CT molecular complexity index is 1150. The van der Waals surface area contributed by atoms with Crippen molar-refractivity contribution in [1.29, 1.82) is 0 Å². The minimum atomic E-state index is -1.14. The summed E-state index contributed by atoms with van der Waals surface area (Å²) in [7, 11) is 0. The first-order chi connectivity index (χ1) is 15.4. The Morgan fingerprint density at radius 1 is 1.19 bits per heavy atom. The minimum Gasteiger partial charge on any atom is -0.478 e. The Morgan fingerprint density at radius 3 is 2.53 bits per heavy atom. The lowest BCUT2D eigenvalue weighted by Crippen LogP contribution is -2.10. The minimum absolute atomic E-state index is 0.0432. The van der Waals surface area contributed by atoms with Crippen LogP contribution in [0.4, 0.5) is 5.69 Å². The number of benzene rings is 2. The molecule has 0 unspecified atom stereocenters. The van der Waals surface area contributed by atoms with Crippen LogP contribution >= 0.6 is 11.6 Å². The molecule has 0 saturated heterocycles. The van der Waals surface area contributed by atoms with Gasteiger partial charge in [-0.2, -0.15) is 0 Å². The van der Waals surface area contributed by atoms with Crippen molar-refractivity contribution in [1.82, 2.24) is 9.55 Å². The number of carboxylic acid groups (broad SMARTS) is 1. The zero-order valence-electron chi connectivity index (χ0n) is 17.7. The van der Waals surface area contributed by atoms with Crippen LogP contribution in [0.25, 0.3) is 6.08 Å². The highest BCUT2D eigenvalue weighted by atomic mass is 35.5. The molecule has 0 aliphatic heterocycles. The van der Waals surface area contributed by atoms with Gasteiger partial charge in [0, 0.05) is 35.1 Å². The molecule has 0 bridgehead atoms. The molecule has 0 spiro atoms. The molecule has 0 amide bonds. The summed E-state index contributed by atoms with van der Waals surface area (Å²) in [6, 6.07) is 13.7. The van der Waals surface area contributed by atoms with E-state index in [-0.39, 0.29) is 17.7 Å². The summed E-state index contributed by atoms with van der Waals surface area (Å²) in [5.41, 5.74) is 1.80. The first kappa shape index (κ1) is 23.2. The number of hydrogen-bond acceptors (Lipinski definition) is 4. The molecule has 1 heterocycles. The zero-order chi connectivity index (χ0) is 23.1. The molecule has 0 atom stereocenters. The van der Waals surface area contributed by atoms with Crippen LogP contribution in [-0.4, -0.2) is 25.6 Å². The highest BCUT2D eigenvalue weighted by Gasteiger charge is 2.19. The summed E-state index contributed by atoms with van der Waals surface area (Å²) >= 11 is 6.35. The lowest BCUT2D eigenvalue weighted by Gasteiger charge is -2.12. The van der Waals surface area contributed by atoms with Gasteiger partial charge in [-0.1, -0.05) is 61.3 Å². The second kappa shape index (κ2) is 10.7. The highest BCUT2D eigenvalue weighted by Crippen LogP contribution is 2.24. The molecule has 0 fully saturated rings. The molecule has 166 valence electrons. The third-order valence-electron chi connectivity index (χ3n) is 5.18. The summed E-state index contributed by atoms with van der Waals surface area (Å²) < 4.78 is 1.96. The van der Waals surface area contributed by atoms with E-state index in [1.165, 1.54) is 6.07 Å². The topological polar surface area (TPSA) is 98.3 Å². The number of aromatic nitrogens is 2. The van der Waals surface area contributed by atoms with Crippen LogP contribution < -0.4 is 0 Å². The van der Waals surface area contributed by atoms with E-state index in [0.29, 0.717) is 22.8 Å². The highest BCUT2D eigenvalue weighted by molar-refractivity contribution is 6.31. The zero-order valence-corrected chi connectivity index (χ0v) is 18.5. The van der Waals surface area contributed by atoms with Crippen molar-refractivity contribution in [2.24, 2.45) is 0 Å². The van der Waals surface area contributed by atoms with Gasteiger partial charge in [0.05, 0.1) is 23.4 Å². The van der Waals surface area contributed by atoms with E-state index in [1.54, 1.807) is 30.5 Å². The molecule has 0 saturated carbocycles. The average molecular weight is 454 g/mol. The van der Waals surface area contributed by atoms with Crippen molar-refractivity contribution in [3.05, 3.63) is 98.1 Å². The van der Waals surface area contributed by atoms with Crippen molar-refractivity contribution in [2.45, 2.75) is 39.2 Å². The largest absolute Gasteiger partial charge is 0.478 e. The Morgan fingerprint density at radius 2 is 1.88 bits per heavy atom. The van der Waals surface area contributed by atoms with Gasteiger partial charge < -0.3 is 9.67 Å². The Labute approximate surface area is 191 Å². The molecule has 7 nitrogen and oxygen atoms in total. The summed E-state index contributed by atoms with van der Waals surface area (Å²) in [5, 5.41) is 21.8. The van der Waals surface area contributed by atoms with Crippen LogP contribution in [0.5, 0.6) is 0 Å². The standard InChI is InChI=1S/C24H24ClN3O4/c1-2-3-12-23-26-15-20(27(23)16-18-9-4-6-10-21(18)25)14-19(24(29)30)13-17-8-5-7-11-22(17)28(31)32/h4-11,14-15H,2-3,12-13,16H2,1H3,(H,29,30). The van der Waals surface area contributed by atoms with Crippen LogP contribution in [-0.2, 0) is 24.2 Å². The molecule has 3 rings (SSSR count). The number of imidazole rings is 1. The number of aliphatic carboxylic acids is 1. The summed E-state index contributed by atoms with van der Waals surface area (Å²) in [4.78, 5) is 27.4. The quantitative estimate of drug-likeness (QED) is 0.246. The number of carboxylic acids is 1. The van der Waals surface area contributed by atoms with Crippen LogP contribution in [0.15, 0.2) is 60.3 Å². The van der Waals surface area contributed by atoms with Gasteiger partial charge in [-0.15, -0.1) is 0 Å². The monoisotopic (exact) mass is 453 g/mol. The predicted octanol–water partition coefficient (Wildman–Crippen LogP) is 5.55. The van der Waals surface area contributed by atoms with Crippen molar-refractivity contribution in [3.8, 4) is 0 Å². The van der Waals surface area contributed by atoms with Crippen molar-refractivity contribution >= 4 is 29.3 Å². The fourth-order valence-corrected chi connectivity index (χ4v) is 3.66. The lowest BCUT2D eigenvalue weighted by atomic mass is 10.0. The second-order valence-electron chi connectivity index (χ2n) is 7.42. The number of nitrogens with zero attached hydrogens (tertiary/aromatic N) is 3. The first-order valence-electron chi connectivity index (χ1n) is 10.3. The maximum Gasteiger partial charge on any atom is 0.331 e. The number of unbranched alkanes of at least 4 members (excludes halogenated alkanes) is 1. The molecular formula is C24H24ClN3O4. The molecule has 2 aromatic carbocycles. The van der Waals surface area contributed by atoms with E-state index >= 15 is 0 Å². The van der Waals surface area contributed by atoms with Gasteiger partial charge in [0.1, 0.15) is 5.82 Å². The number of halogens is 1. The Balaban J connectivity index is 2.02. The van der Waals surface area contributed by atoms with E-state index in [4.69, 9.17) is 11.6 Å². The fraction of sp³-hybridized carbons (Fsp3) is 0.250. The van der Waals surface area contributed by atoms with Crippen molar-refractivity contribution < 1.29 is 14.8 Å². The van der Waals surface area contributed by atoms with Crippen LogP contribution in [0.3, 0.4) is 0 Å².